The summed E-state index contributed by atoms with van der Waals surface area (Å²) in [5.74, 6) is 0.334. The van der Waals surface area contributed by atoms with Crippen molar-refractivity contribution in [3.05, 3.63) is 75.6 Å². The van der Waals surface area contributed by atoms with Crippen LogP contribution in [-0.4, -0.2) is 12.0 Å². The van der Waals surface area contributed by atoms with E-state index in [1.54, 1.807) is 19.1 Å². The Morgan fingerprint density at radius 2 is 2.04 bits per heavy atom. The summed E-state index contributed by atoms with van der Waals surface area (Å²) < 4.78 is 11.1. The van der Waals surface area contributed by atoms with Crippen LogP contribution in [0.5, 0.6) is 5.75 Å². The van der Waals surface area contributed by atoms with Gasteiger partial charge in [-0.3, -0.25) is 4.79 Å². The zero-order valence-electron chi connectivity index (χ0n) is 16.0. The molecule has 2 aromatic carbocycles. The first kappa shape index (κ1) is 18.3. The molecule has 5 heteroatoms. The fourth-order valence-corrected chi connectivity index (χ4v) is 3.83. The predicted octanol–water partition coefficient (Wildman–Crippen LogP) is 4.06. The molecule has 1 aliphatic rings. The van der Waals surface area contributed by atoms with Crippen LogP contribution in [0, 0.1) is 6.92 Å². The van der Waals surface area contributed by atoms with Gasteiger partial charge in [0.15, 0.2) is 6.10 Å². The number of ether oxygens (including phenoxy) is 1. The van der Waals surface area contributed by atoms with Gasteiger partial charge in [-0.1, -0.05) is 24.3 Å². The van der Waals surface area contributed by atoms with Gasteiger partial charge in [-0.05, 0) is 61.9 Å². The highest BCUT2D eigenvalue weighted by Crippen LogP contribution is 2.29. The zero-order valence-corrected chi connectivity index (χ0v) is 16.0. The number of hydrogen-bond acceptors (Lipinski definition) is 4. The molecule has 1 aromatic heterocycles. The SMILES string of the molecule is Cc1cc(=O)oc2cc(O[C@H](C)C(=O)N[C@@H]3CCCc4ccccc43)ccc12. The van der Waals surface area contributed by atoms with E-state index in [9.17, 15) is 9.59 Å². The normalized spacial score (nSPS) is 17.0. The summed E-state index contributed by atoms with van der Waals surface area (Å²) in [6.07, 6.45) is 2.37. The highest BCUT2D eigenvalue weighted by molar-refractivity contribution is 5.83. The van der Waals surface area contributed by atoms with Crippen molar-refractivity contribution in [3.8, 4) is 5.75 Å². The van der Waals surface area contributed by atoms with E-state index >= 15 is 0 Å². The van der Waals surface area contributed by atoms with Gasteiger partial charge in [-0.2, -0.15) is 0 Å². The summed E-state index contributed by atoms with van der Waals surface area (Å²) in [6, 6.07) is 15.0. The van der Waals surface area contributed by atoms with Crippen LogP contribution in [0.2, 0.25) is 0 Å². The molecule has 144 valence electrons. The van der Waals surface area contributed by atoms with Crippen LogP contribution >= 0.6 is 0 Å². The lowest BCUT2D eigenvalue weighted by Gasteiger charge is -2.27. The molecule has 0 fully saturated rings. The molecule has 0 unspecified atom stereocenters. The highest BCUT2D eigenvalue weighted by atomic mass is 16.5. The summed E-state index contributed by atoms with van der Waals surface area (Å²) in [6.45, 7) is 3.58. The number of carbonyl (C=O) groups is 1. The maximum Gasteiger partial charge on any atom is 0.336 e. The van der Waals surface area contributed by atoms with Crippen molar-refractivity contribution >= 4 is 16.9 Å². The second-order valence-corrected chi connectivity index (χ2v) is 7.32. The molecule has 0 spiro atoms. The monoisotopic (exact) mass is 377 g/mol. The number of benzene rings is 2. The van der Waals surface area contributed by atoms with Crippen LogP contribution in [0.25, 0.3) is 11.0 Å². The molecule has 0 saturated heterocycles. The van der Waals surface area contributed by atoms with Crippen molar-refractivity contribution in [2.75, 3.05) is 0 Å². The summed E-state index contributed by atoms with van der Waals surface area (Å²) >= 11 is 0. The number of rotatable bonds is 4. The van der Waals surface area contributed by atoms with Crippen LogP contribution in [0.1, 0.15) is 42.5 Å². The van der Waals surface area contributed by atoms with Gasteiger partial charge in [0.2, 0.25) is 0 Å². The average molecular weight is 377 g/mol. The van der Waals surface area contributed by atoms with E-state index in [1.165, 1.54) is 17.2 Å². The molecule has 28 heavy (non-hydrogen) atoms. The van der Waals surface area contributed by atoms with E-state index in [0.29, 0.717) is 11.3 Å². The van der Waals surface area contributed by atoms with E-state index in [-0.39, 0.29) is 11.9 Å². The Bertz CT molecular complexity index is 1090. The molecule has 2 atom stereocenters. The number of amides is 1. The topological polar surface area (TPSA) is 68.5 Å². The average Bonchev–Trinajstić information content (AvgIpc) is 2.67. The van der Waals surface area contributed by atoms with E-state index in [1.807, 2.05) is 25.1 Å². The van der Waals surface area contributed by atoms with Crippen molar-refractivity contribution in [1.82, 2.24) is 5.32 Å². The number of nitrogens with one attached hydrogen (secondary N) is 1. The molecule has 5 nitrogen and oxygen atoms in total. The Hall–Kier alpha value is -3.08. The van der Waals surface area contributed by atoms with Crippen molar-refractivity contribution in [1.29, 1.82) is 0 Å². The summed E-state index contributed by atoms with van der Waals surface area (Å²) in [4.78, 5) is 24.3. The maximum atomic E-state index is 12.7. The van der Waals surface area contributed by atoms with Crippen LogP contribution in [0.4, 0.5) is 0 Å². The summed E-state index contributed by atoms with van der Waals surface area (Å²) in [7, 11) is 0. The fourth-order valence-electron chi connectivity index (χ4n) is 3.83. The molecule has 0 saturated carbocycles. The van der Waals surface area contributed by atoms with E-state index in [0.717, 1.165) is 30.2 Å². The third kappa shape index (κ3) is 3.65. The molecule has 1 aliphatic carbocycles. The number of aryl methyl sites for hydroxylation is 2. The van der Waals surface area contributed by atoms with Gasteiger partial charge in [-0.25, -0.2) is 4.79 Å². The minimum absolute atomic E-state index is 0.0146. The Kier molecular flexibility index (Phi) is 4.90. The number of fused-ring (bicyclic) bond motifs is 2. The first-order chi connectivity index (χ1) is 13.5. The van der Waals surface area contributed by atoms with Gasteiger partial charge in [0, 0.05) is 17.5 Å². The second-order valence-electron chi connectivity index (χ2n) is 7.32. The first-order valence-corrected chi connectivity index (χ1v) is 9.60. The Labute approximate surface area is 163 Å². The lowest BCUT2D eigenvalue weighted by Crippen LogP contribution is -2.39. The number of hydrogen-bond donors (Lipinski definition) is 1. The van der Waals surface area contributed by atoms with Gasteiger partial charge in [0.1, 0.15) is 11.3 Å². The van der Waals surface area contributed by atoms with Crippen molar-refractivity contribution in [2.45, 2.75) is 45.3 Å². The smallest absolute Gasteiger partial charge is 0.336 e. The van der Waals surface area contributed by atoms with E-state index in [2.05, 4.69) is 17.4 Å². The molecule has 0 aliphatic heterocycles. The molecule has 1 N–H and O–H groups in total. The largest absolute Gasteiger partial charge is 0.481 e. The Morgan fingerprint density at radius 1 is 1.21 bits per heavy atom. The van der Waals surface area contributed by atoms with Gasteiger partial charge >= 0.3 is 5.63 Å². The zero-order chi connectivity index (χ0) is 19.7. The maximum absolute atomic E-state index is 12.7. The van der Waals surface area contributed by atoms with Crippen LogP contribution in [-0.2, 0) is 11.2 Å². The lowest BCUT2D eigenvalue weighted by molar-refractivity contribution is -0.128. The minimum Gasteiger partial charge on any atom is -0.481 e. The molecule has 1 heterocycles. The third-order valence-corrected chi connectivity index (χ3v) is 5.29. The van der Waals surface area contributed by atoms with Crippen molar-refractivity contribution < 1.29 is 13.9 Å². The van der Waals surface area contributed by atoms with E-state index < -0.39 is 11.7 Å². The molecule has 4 rings (SSSR count). The standard InChI is InChI=1S/C23H23NO4/c1-14-12-22(25)28-21-13-17(10-11-18(14)21)27-15(2)23(26)24-20-9-5-7-16-6-3-4-8-19(16)20/h3-4,6,8,10-13,15,20H,5,7,9H2,1-2H3,(H,24,26)/t15-,20-/m1/s1. The molecule has 1 amide bonds. The first-order valence-electron chi connectivity index (χ1n) is 9.60. The third-order valence-electron chi connectivity index (χ3n) is 5.29. The summed E-state index contributed by atoms with van der Waals surface area (Å²) in [5, 5.41) is 3.96. The van der Waals surface area contributed by atoms with Crippen molar-refractivity contribution in [3.63, 3.8) is 0 Å². The summed E-state index contributed by atoms with van der Waals surface area (Å²) in [5.41, 5.74) is 3.39. The Morgan fingerprint density at radius 3 is 2.89 bits per heavy atom. The molecule has 0 bridgehead atoms. The van der Waals surface area contributed by atoms with Crippen LogP contribution in [0.3, 0.4) is 0 Å². The molecule has 0 radical (unpaired) electrons. The molecular formula is C23H23NO4. The van der Waals surface area contributed by atoms with Crippen LogP contribution in [0.15, 0.2) is 57.7 Å². The molecular weight excluding hydrogens is 354 g/mol. The molecule has 3 aromatic rings. The van der Waals surface area contributed by atoms with Gasteiger partial charge < -0.3 is 14.5 Å². The van der Waals surface area contributed by atoms with Gasteiger partial charge in [0.25, 0.3) is 5.91 Å². The lowest BCUT2D eigenvalue weighted by atomic mass is 9.87. The minimum atomic E-state index is -0.664. The van der Waals surface area contributed by atoms with Crippen LogP contribution < -0.4 is 15.7 Å². The van der Waals surface area contributed by atoms with Crippen molar-refractivity contribution in [2.24, 2.45) is 0 Å². The quantitative estimate of drug-likeness (QED) is 0.696. The fraction of sp³-hybridized carbons (Fsp3) is 0.304. The van der Waals surface area contributed by atoms with Gasteiger partial charge in [-0.15, -0.1) is 0 Å². The Balaban J connectivity index is 1.48. The predicted molar refractivity (Wildman–Crippen MR) is 108 cm³/mol. The van der Waals surface area contributed by atoms with Gasteiger partial charge in [0.05, 0.1) is 6.04 Å². The van der Waals surface area contributed by atoms with E-state index in [4.69, 9.17) is 9.15 Å². The second kappa shape index (κ2) is 7.50. The number of carbonyl (C=O) groups excluding carboxylic acids is 1. The highest BCUT2D eigenvalue weighted by Gasteiger charge is 2.24.